The fraction of sp³-hybridized carbons (Fsp3) is 0. The molecule has 0 aliphatic carbocycles. The molecule has 0 N–H and O–H groups in total. The molecule has 0 aliphatic heterocycles. The van der Waals surface area contributed by atoms with Gasteiger partial charge >= 0.3 is 4.70 Å². The number of rotatable bonds is 0. The van der Waals surface area contributed by atoms with Gasteiger partial charge in [-0.05, 0) is 23.2 Å². The van der Waals surface area contributed by atoms with E-state index in [2.05, 4.69) is 23.2 Å². The average Bonchev–Trinajstić information content (AvgIpc) is 0.811. The maximum Gasteiger partial charge on any atom is 0.313 e. The number of hydrogen-bond donors (Lipinski definition) is 0. The van der Waals surface area contributed by atoms with Crippen LogP contribution in [-0.2, 0) is 0 Å². The van der Waals surface area contributed by atoms with Gasteiger partial charge in [-0.25, -0.2) is 0 Å². The molecule has 0 saturated carbocycles. The van der Waals surface area contributed by atoms with Gasteiger partial charge in [0.25, 0.3) is 0 Å². The lowest BCUT2D eigenvalue weighted by atomic mass is 11.8. The number of carbonyl (C=O) groups excluding carboxylic acids is 1. The molecule has 0 aromatic rings. The first-order valence-electron chi connectivity index (χ1n) is 0.582. The summed E-state index contributed by atoms with van der Waals surface area (Å²) in [5, 5.41) is 0. The minimum atomic E-state index is -0.889. The highest BCUT2D eigenvalue weighted by molar-refractivity contribution is 6.93. The molecule has 40 valence electrons. The van der Waals surface area contributed by atoms with Crippen LogP contribution in [-0.4, -0.2) is 4.70 Å². The highest BCUT2D eigenvalue weighted by Crippen LogP contribution is 1.84. The van der Waals surface area contributed by atoms with E-state index >= 15 is 0 Å². The largest absolute Gasteiger partial charge is 0.313 e. The number of carbonyl (C=O) groups is 1. The van der Waals surface area contributed by atoms with Crippen molar-refractivity contribution in [2.24, 2.45) is 0 Å². The van der Waals surface area contributed by atoms with Crippen molar-refractivity contribution < 1.29 is 14.2 Å². The lowest BCUT2D eigenvalue weighted by molar-refractivity contribution is 0.275. The summed E-state index contributed by atoms with van der Waals surface area (Å²) in [6, 6.07) is 0. The van der Waals surface area contributed by atoms with Gasteiger partial charge in [0.15, 0.2) is 0 Å². The van der Waals surface area contributed by atoms with Gasteiger partial charge in [0.05, 0.1) is 0 Å². The second-order valence-electron chi connectivity index (χ2n) is 0.226. The molecule has 0 heterocycles. The van der Waals surface area contributed by atoms with Gasteiger partial charge < -0.3 is 0 Å². The maximum atomic E-state index is 8.98. The fourth-order valence-electron chi connectivity index (χ4n) is 0. The van der Waals surface area contributed by atoms with Gasteiger partial charge in [-0.3, -0.25) is 14.2 Å². The van der Waals surface area contributed by atoms with E-state index in [0.29, 0.717) is 0 Å². The molecule has 0 amide bonds. The van der Waals surface area contributed by atoms with Crippen molar-refractivity contribution in [2.45, 2.75) is 0 Å². The van der Waals surface area contributed by atoms with Gasteiger partial charge in [-0.2, -0.15) is 0 Å². The normalized spacial score (nSPS) is 4.33. The third kappa shape index (κ3) is 3290. The van der Waals surface area contributed by atoms with E-state index in [1.165, 1.54) is 0 Å². The standard InChI is InChI=1S/CCl2O.2FH/c2-1(3)4;;/h;2*1H. The summed E-state index contributed by atoms with van der Waals surface area (Å²) in [7, 11) is 0. The van der Waals surface area contributed by atoms with Gasteiger partial charge in [0, 0.05) is 0 Å². The molecule has 0 bridgehead atoms. The highest BCUT2D eigenvalue weighted by Gasteiger charge is 1.72. The van der Waals surface area contributed by atoms with Crippen LogP contribution in [0.15, 0.2) is 0 Å². The first-order chi connectivity index (χ1) is 1.73. The Morgan fingerprint density at radius 1 is 1.17 bits per heavy atom. The Balaban J connectivity index is -0.0000000450. The van der Waals surface area contributed by atoms with E-state index in [1.807, 2.05) is 0 Å². The molecule has 0 atom stereocenters. The highest BCUT2D eigenvalue weighted by atomic mass is 35.5. The Labute approximate surface area is 43.0 Å². The van der Waals surface area contributed by atoms with Crippen LogP contribution in [0.2, 0.25) is 0 Å². The predicted molar refractivity (Wildman–Crippen MR) is 22.1 cm³/mol. The summed E-state index contributed by atoms with van der Waals surface area (Å²) in [5.41, 5.74) is 0. The molecule has 0 fully saturated rings. The van der Waals surface area contributed by atoms with E-state index in [9.17, 15) is 0 Å². The zero-order valence-corrected chi connectivity index (χ0v) is 3.99. The minimum Gasteiger partial charge on any atom is -0.269 e. The summed E-state index contributed by atoms with van der Waals surface area (Å²) >= 11 is 8.80. The van der Waals surface area contributed by atoms with Crippen LogP contribution in [0.25, 0.3) is 0 Å². The molecular formula is CH2Cl2F2O. The van der Waals surface area contributed by atoms with Crippen LogP contribution in [0.4, 0.5) is 14.2 Å². The van der Waals surface area contributed by atoms with Crippen LogP contribution < -0.4 is 0 Å². The van der Waals surface area contributed by atoms with E-state index in [0.717, 1.165) is 0 Å². The summed E-state index contributed by atoms with van der Waals surface area (Å²) in [6.45, 7) is 0. The van der Waals surface area contributed by atoms with Gasteiger partial charge in [0.1, 0.15) is 0 Å². The van der Waals surface area contributed by atoms with E-state index in [4.69, 9.17) is 4.79 Å². The molecular weight excluding hydrogens is 137 g/mol. The summed E-state index contributed by atoms with van der Waals surface area (Å²) < 4.78 is -0.889. The topological polar surface area (TPSA) is 17.1 Å². The molecule has 6 heavy (non-hydrogen) atoms. The molecule has 1 nitrogen and oxygen atoms in total. The SMILES string of the molecule is F.F.O=C(Cl)Cl. The molecule has 5 heteroatoms. The van der Waals surface area contributed by atoms with Crippen LogP contribution in [0.3, 0.4) is 0 Å². The Bertz CT molecular complexity index is 34.5. The second-order valence-corrected chi connectivity index (χ2v) is 1.11. The molecule has 0 spiro atoms. The predicted octanol–water partition coefficient (Wildman–Crippen LogP) is 1.89. The monoisotopic (exact) mass is 138 g/mol. The van der Waals surface area contributed by atoms with Crippen molar-refractivity contribution in [3.8, 4) is 0 Å². The molecule has 0 radical (unpaired) electrons. The zero-order chi connectivity index (χ0) is 3.58. The molecule has 0 aromatic heterocycles. The zero-order valence-electron chi connectivity index (χ0n) is 2.48. The summed E-state index contributed by atoms with van der Waals surface area (Å²) in [4.78, 5) is 8.98. The third-order valence-electron chi connectivity index (χ3n) is 0. The third-order valence-corrected chi connectivity index (χ3v) is 0. The lowest BCUT2D eigenvalue weighted by Gasteiger charge is -1.48. The Hall–Kier alpha value is 0.110. The van der Waals surface area contributed by atoms with Gasteiger partial charge in [-0.1, -0.05) is 0 Å². The summed E-state index contributed by atoms with van der Waals surface area (Å²) in [6.07, 6.45) is 0. The smallest absolute Gasteiger partial charge is 0.269 e. The van der Waals surface area contributed by atoms with Crippen molar-refractivity contribution in [2.75, 3.05) is 0 Å². The van der Waals surface area contributed by atoms with E-state index in [-0.39, 0.29) is 9.41 Å². The van der Waals surface area contributed by atoms with Crippen molar-refractivity contribution in [3.05, 3.63) is 0 Å². The van der Waals surface area contributed by atoms with E-state index < -0.39 is 4.70 Å². The second kappa shape index (κ2) is 8.92. The molecule has 0 rings (SSSR count). The van der Waals surface area contributed by atoms with Crippen LogP contribution in [0.5, 0.6) is 0 Å². The Morgan fingerprint density at radius 2 is 1.17 bits per heavy atom. The molecule has 0 aromatic carbocycles. The van der Waals surface area contributed by atoms with Gasteiger partial charge in [0.2, 0.25) is 0 Å². The van der Waals surface area contributed by atoms with Crippen LogP contribution in [0.1, 0.15) is 0 Å². The van der Waals surface area contributed by atoms with Crippen molar-refractivity contribution in [1.82, 2.24) is 0 Å². The van der Waals surface area contributed by atoms with E-state index in [1.54, 1.807) is 0 Å². The van der Waals surface area contributed by atoms with Crippen molar-refractivity contribution >= 4 is 27.9 Å². The first kappa shape index (κ1) is 16.5. The van der Waals surface area contributed by atoms with Crippen LogP contribution >= 0.6 is 23.2 Å². The quantitative estimate of drug-likeness (QED) is 0.468. The molecule has 0 unspecified atom stereocenters. The number of halogens is 4. The Kier molecular flexibility index (Phi) is 24.5. The average molecular weight is 139 g/mol. The van der Waals surface area contributed by atoms with Gasteiger partial charge in [-0.15, -0.1) is 0 Å². The lowest BCUT2D eigenvalue weighted by Crippen LogP contribution is -1.46. The van der Waals surface area contributed by atoms with Crippen molar-refractivity contribution in [1.29, 1.82) is 0 Å². The number of hydrogen-bond acceptors (Lipinski definition) is 1. The molecule has 0 aliphatic rings. The molecule has 0 saturated heterocycles. The van der Waals surface area contributed by atoms with Crippen molar-refractivity contribution in [3.63, 3.8) is 0 Å². The maximum absolute atomic E-state index is 8.98. The summed E-state index contributed by atoms with van der Waals surface area (Å²) in [5.74, 6) is 0. The van der Waals surface area contributed by atoms with Crippen LogP contribution in [0, 0.1) is 0 Å². The Morgan fingerprint density at radius 3 is 1.17 bits per heavy atom. The fourth-order valence-corrected chi connectivity index (χ4v) is 0. The minimum absolute atomic E-state index is 0. The first-order valence-corrected chi connectivity index (χ1v) is 1.34.